The molecule has 1 aromatic heterocycles. The Bertz CT molecular complexity index is 652. The fourth-order valence-corrected chi connectivity index (χ4v) is 2.29. The summed E-state index contributed by atoms with van der Waals surface area (Å²) < 4.78 is 10.8. The number of furan rings is 1. The van der Waals surface area contributed by atoms with Gasteiger partial charge in [0.25, 0.3) is 0 Å². The zero-order valence-electron chi connectivity index (χ0n) is 10.1. The first-order valence-electron chi connectivity index (χ1n) is 6.01. The molecule has 1 unspecified atom stereocenters. The molecular weight excluding hydrogens is 242 g/mol. The summed E-state index contributed by atoms with van der Waals surface area (Å²) in [7, 11) is 0. The third-order valence-corrected chi connectivity index (χ3v) is 3.34. The Morgan fingerprint density at radius 3 is 2.47 bits per heavy atom. The Labute approximate surface area is 110 Å². The fraction of sp³-hybridized carbons (Fsp3) is 0.286. The number of hydrogen-bond acceptors (Lipinski definition) is 5. The van der Waals surface area contributed by atoms with E-state index in [1.807, 2.05) is 6.07 Å². The molecule has 1 aromatic rings. The second kappa shape index (κ2) is 4.22. The van der Waals surface area contributed by atoms with E-state index in [4.69, 9.17) is 14.9 Å². The maximum absolute atomic E-state index is 9.40. The largest absolute Gasteiger partial charge is 0.468 e. The van der Waals surface area contributed by atoms with E-state index in [2.05, 4.69) is 6.07 Å². The molecule has 0 bridgehead atoms. The average molecular weight is 253 g/mol. The summed E-state index contributed by atoms with van der Waals surface area (Å²) in [6.45, 7) is 0. The molecule has 0 aromatic carbocycles. The number of nitrogens with zero attached hydrogens (tertiary/aromatic N) is 2. The molecule has 0 amide bonds. The van der Waals surface area contributed by atoms with Crippen molar-refractivity contribution in [1.82, 2.24) is 0 Å². The van der Waals surface area contributed by atoms with Gasteiger partial charge in [-0.25, -0.2) is 0 Å². The van der Waals surface area contributed by atoms with E-state index in [0.717, 1.165) is 12.8 Å². The van der Waals surface area contributed by atoms with Crippen molar-refractivity contribution in [3.05, 3.63) is 46.9 Å². The third-order valence-electron chi connectivity index (χ3n) is 3.34. The molecular formula is C14H11N3O2. The molecule has 0 spiro atoms. The van der Waals surface area contributed by atoms with Crippen molar-refractivity contribution in [2.24, 2.45) is 11.7 Å². The highest BCUT2D eigenvalue weighted by atomic mass is 16.5. The lowest BCUT2D eigenvalue weighted by Crippen LogP contribution is -2.20. The lowest BCUT2D eigenvalue weighted by molar-refractivity contribution is 0.258. The van der Waals surface area contributed by atoms with E-state index in [0.29, 0.717) is 17.1 Å². The van der Waals surface area contributed by atoms with Crippen molar-refractivity contribution >= 4 is 0 Å². The number of rotatable bonds is 2. The van der Waals surface area contributed by atoms with Crippen LogP contribution in [-0.2, 0) is 4.74 Å². The molecule has 1 fully saturated rings. The molecule has 2 heterocycles. The van der Waals surface area contributed by atoms with E-state index >= 15 is 0 Å². The molecule has 19 heavy (non-hydrogen) atoms. The highest BCUT2D eigenvalue weighted by Gasteiger charge is 2.40. The van der Waals surface area contributed by atoms with Gasteiger partial charge in [-0.15, -0.1) is 0 Å². The Morgan fingerprint density at radius 2 is 1.95 bits per heavy atom. The average Bonchev–Trinajstić information content (AvgIpc) is 3.12. The standard InChI is InChI=1S/C14H11N3O2/c15-6-9-12(11-2-1-5-18-11)10(7-16)14(17)19-13(9)8-3-4-8/h1-2,5,8,12H,3-4,17H2. The maximum Gasteiger partial charge on any atom is 0.205 e. The van der Waals surface area contributed by atoms with Crippen molar-refractivity contribution in [2.45, 2.75) is 18.8 Å². The predicted octanol–water partition coefficient (Wildman–Crippen LogP) is 2.27. The minimum atomic E-state index is -0.547. The molecule has 5 heteroatoms. The second-order valence-electron chi connectivity index (χ2n) is 4.60. The van der Waals surface area contributed by atoms with Crippen LogP contribution in [0, 0.1) is 28.6 Å². The molecule has 1 atom stereocenters. The molecule has 94 valence electrons. The van der Waals surface area contributed by atoms with Crippen LogP contribution in [-0.4, -0.2) is 0 Å². The van der Waals surface area contributed by atoms with Crippen molar-refractivity contribution in [1.29, 1.82) is 10.5 Å². The summed E-state index contributed by atoms with van der Waals surface area (Å²) in [4.78, 5) is 0. The van der Waals surface area contributed by atoms with Gasteiger partial charge in [0.05, 0.1) is 23.8 Å². The monoisotopic (exact) mass is 253 g/mol. The normalized spacial score (nSPS) is 22.7. The smallest absolute Gasteiger partial charge is 0.205 e. The molecule has 2 N–H and O–H groups in total. The predicted molar refractivity (Wildman–Crippen MR) is 64.7 cm³/mol. The van der Waals surface area contributed by atoms with Crippen LogP contribution >= 0.6 is 0 Å². The lowest BCUT2D eigenvalue weighted by Gasteiger charge is -2.24. The number of nitriles is 2. The van der Waals surface area contributed by atoms with E-state index in [1.165, 1.54) is 6.26 Å². The Kier molecular flexibility index (Phi) is 2.54. The van der Waals surface area contributed by atoms with Crippen molar-refractivity contribution in [3.63, 3.8) is 0 Å². The minimum absolute atomic E-state index is 0.0739. The van der Waals surface area contributed by atoms with Gasteiger partial charge < -0.3 is 14.9 Å². The third kappa shape index (κ3) is 1.76. The lowest BCUT2D eigenvalue weighted by atomic mass is 9.86. The quantitative estimate of drug-likeness (QED) is 0.872. The van der Waals surface area contributed by atoms with E-state index < -0.39 is 5.92 Å². The zero-order chi connectivity index (χ0) is 13.4. The van der Waals surface area contributed by atoms with E-state index in [1.54, 1.807) is 12.1 Å². The number of nitrogens with two attached hydrogens (primary N) is 1. The number of allylic oxidation sites excluding steroid dienone is 3. The molecule has 1 saturated carbocycles. The van der Waals surface area contributed by atoms with Gasteiger partial charge in [0.2, 0.25) is 5.88 Å². The van der Waals surface area contributed by atoms with Gasteiger partial charge in [-0.3, -0.25) is 0 Å². The van der Waals surface area contributed by atoms with Crippen molar-refractivity contribution < 1.29 is 9.15 Å². The van der Waals surface area contributed by atoms with Gasteiger partial charge in [-0.2, -0.15) is 10.5 Å². The zero-order valence-corrected chi connectivity index (χ0v) is 10.1. The SMILES string of the molecule is N#CC1=C(N)OC(C2CC2)=C(C#N)C1c1ccco1. The van der Waals surface area contributed by atoms with Crippen molar-refractivity contribution in [2.75, 3.05) is 0 Å². The van der Waals surface area contributed by atoms with Crippen LogP contribution in [0.25, 0.3) is 0 Å². The summed E-state index contributed by atoms with van der Waals surface area (Å²) in [5.41, 5.74) is 6.47. The van der Waals surface area contributed by atoms with Crippen LogP contribution in [0.15, 0.2) is 45.6 Å². The Balaban J connectivity index is 2.15. The summed E-state index contributed by atoms with van der Waals surface area (Å²) in [6, 6.07) is 7.64. The fourth-order valence-electron chi connectivity index (χ4n) is 2.29. The highest BCUT2D eigenvalue weighted by Crippen LogP contribution is 2.47. The van der Waals surface area contributed by atoms with Crippen LogP contribution in [0.5, 0.6) is 0 Å². The topological polar surface area (TPSA) is 96.0 Å². The molecule has 0 saturated heterocycles. The summed E-state index contributed by atoms with van der Waals surface area (Å²) in [5.74, 6) is 0.906. The van der Waals surface area contributed by atoms with Gasteiger partial charge in [0, 0.05) is 5.92 Å². The number of hydrogen-bond donors (Lipinski definition) is 1. The Morgan fingerprint density at radius 1 is 1.21 bits per heavy atom. The first-order valence-corrected chi connectivity index (χ1v) is 6.01. The first kappa shape index (κ1) is 11.4. The van der Waals surface area contributed by atoms with Crippen molar-refractivity contribution in [3.8, 4) is 12.1 Å². The summed E-state index contributed by atoms with van der Waals surface area (Å²) >= 11 is 0. The second-order valence-corrected chi connectivity index (χ2v) is 4.60. The number of ether oxygens (including phenoxy) is 1. The van der Waals surface area contributed by atoms with Crippen LogP contribution in [0.2, 0.25) is 0 Å². The van der Waals surface area contributed by atoms with E-state index in [-0.39, 0.29) is 17.4 Å². The van der Waals surface area contributed by atoms with Gasteiger partial charge in [-0.05, 0) is 25.0 Å². The minimum Gasteiger partial charge on any atom is -0.468 e. The molecule has 1 aliphatic carbocycles. The molecule has 2 aliphatic rings. The van der Waals surface area contributed by atoms with Crippen LogP contribution in [0.1, 0.15) is 24.5 Å². The highest BCUT2D eigenvalue weighted by molar-refractivity contribution is 5.51. The molecule has 5 nitrogen and oxygen atoms in total. The van der Waals surface area contributed by atoms with Crippen LogP contribution in [0.3, 0.4) is 0 Å². The molecule has 1 aliphatic heterocycles. The van der Waals surface area contributed by atoms with Crippen LogP contribution < -0.4 is 5.73 Å². The van der Waals surface area contributed by atoms with Gasteiger partial charge in [0.1, 0.15) is 23.2 Å². The summed E-state index contributed by atoms with van der Waals surface area (Å²) in [5, 5.41) is 18.6. The van der Waals surface area contributed by atoms with Crippen LogP contribution in [0.4, 0.5) is 0 Å². The summed E-state index contributed by atoms with van der Waals surface area (Å²) in [6.07, 6.45) is 3.49. The van der Waals surface area contributed by atoms with E-state index in [9.17, 15) is 10.5 Å². The Hall–Kier alpha value is -2.66. The molecule has 0 radical (unpaired) electrons. The van der Waals surface area contributed by atoms with Gasteiger partial charge >= 0.3 is 0 Å². The van der Waals surface area contributed by atoms with Gasteiger partial charge in [-0.1, -0.05) is 0 Å². The first-order chi connectivity index (χ1) is 9.26. The maximum atomic E-state index is 9.40. The molecule has 3 rings (SSSR count). The van der Waals surface area contributed by atoms with Gasteiger partial charge in [0.15, 0.2) is 0 Å².